The molecule has 0 aromatic heterocycles. The Bertz CT molecular complexity index is 502. The third kappa shape index (κ3) is 5.85. The van der Waals surface area contributed by atoms with Gasteiger partial charge in [-0.05, 0) is 31.3 Å². The highest BCUT2D eigenvalue weighted by Crippen LogP contribution is 2.26. The molecule has 0 aliphatic heterocycles. The van der Waals surface area contributed by atoms with Crippen molar-refractivity contribution in [3.05, 3.63) is 55.0 Å². The van der Waals surface area contributed by atoms with Crippen molar-refractivity contribution >= 4 is 21.6 Å². The van der Waals surface area contributed by atoms with Gasteiger partial charge in [-0.2, -0.15) is 0 Å². The van der Waals surface area contributed by atoms with Gasteiger partial charge in [0.25, 0.3) is 5.95 Å². The molecule has 0 aliphatic carbocycles. The molecule has 1 rings (SSSR count). The number of hydrogen-bond donors (Lipinski definition) is 0. The van der Waals surface area contributed by atoms with E-state index in [-0.39, 0.29) is 0 Å². The molecule has 1 unspecified atom stereocenters. The van der Waals surface area contributed by atoms with Crippen LogP contribution in [0.3, 0.4) is 0 Å². The molecule has 0 fully saturated rings. The number of ether oxygens (including phenoxy) is 1. The van der Waals surface area contributed by atoms with Crippen molar-refractivity contribution in [1.82, 2.24) is 0 Å². The van der Waals surface area contributed by atoms with Crippen LogP contribution in [0, 0.1) is 0 Å². The summed E-state index contributed by atoms with van der Waals surface area (Å²) in [5, 5.41) is 1.45. The summed E-state index contributed by atoms with van der Waals surface area (Å²) in [6.07, 6.45) is 3.92. The van der Waals surface area contributed by atoms with Gasteiger partial charge in [0.1, 0.15) is 6.61 Å². The van der Waals surface area contributed by atoms with Crippen LogP contribution in [0.5, 0.6) is 0 Å². The van der Waals surface area contributed by atoms with Crippen LogP contribution in [0.15, 0.2) is 55.0 Å². The number of rotatable bonds is 8. The molecule has 0 aliphatic rings. The maximum Gasteiger partial charge on any atom is 0.261 e. The molecule has 22 heavy (non-hydrogen) atoms. The van der Waals surface area contributed by atoms with Crippen LogP contribution in [-0.4, -0.2) is 23.0 Å². The van der Waals surface area contributed by atoms with Crippen molar-refractivity contribution in [2.75, 3.05) is 6.61 Å². The SMILES string of the molecule is C=CCO/C(=C/C(C)[Si](C)(C)c1ccccc1)O[Si](C)(C)C. The Balaban J connectivity index is 2.99. The lowest BCUT2D eigenvalue weighted by molar-refractivity contribution is 0.121. The van der Waals surface area contributed by atoms with Crippen molar-refractivity contribution in [3.8, 4) is 0 Å². The second kappa shape index (κ2) is 7.83. The first kappa shape index (κ1) is 18.8. The van der Waals surface area contributed by atoms with Crippen molar-refractivity contribution in [2.24, 2.45) is 0 Å². The molecule has 1 atom stereocenters. The quantitative estimate of drug-likeness (QED) is 0.383. The highest BCUT2D eigenvalue weighted by atomic mass is 28.4. The lowest BCUT2D eigenvalue weighted by Gasteiger charge is -2.30. The summed E-state index contributed by atoms with van der Waals surface area (Å²) in [6.45, 7) is 17.8. The minimum absolute atomic E-state index is 0.422. The first-order chi connectivity index (χ1) is 10.2. The van der Waals surface area contributed by atoms with Gasteiger partial charge < -0.3 is 9.16 Å². The van der Waals surface area contributed by atoms with E-state index in [1.165, 1.54) is 5.19 Å². The Kier molecular flexibility index (Phi) is 6.69. The summed E-state index contributed by atoms with van der Waals surface area (Å²) in [6, 6.07) is 10.8. The Morgan fingerprint density at radius 3 is 2.23 bits per heavy atom. The van der Waals surface area contributed by atoms with Crippen molar-refractivity contribution in [3.63, 3.8) is 0 Å². The second-order valence-electron chi connectivity index (χ2n) is 7.18. The van der Waals surface area contributed by atoms with Crippen LogP contribution < -0.4 is 5.19 Å². The average molecular weight is 335 g/mol. The molecule has 0 radical (unpaired) electrons. The summed E-state index contributed by atoms with van der Waals surface area (Å²) in [5.41, 5.74) is 0.422. The molecule has 1 aromatic carbocycles. The van der Waals surface area contributed by atoms with Gasteiger partial charge >= 0.3 is 0 Å². The predicted molar refractivity (Wildman–Crippen MR) is 102 cm³/mol. The Morgan fingerprint density at radius 2 is 1.73 bits per heavy atom. The van der Waals surface area contributed by atoms with E-state index in [9.17, 15) is 0 Å². The molecule has 0 bridgehead atoms. The Morgan fingerprint density at radius 1 is 1.14 bits per heavy atom. The zero-order valence-electron chi connectivity index (χ0n) is 14.8. The van der Waals surface area contributed by atoms with E-state index < -0.39 is 16.4 Å². The molecular formula is C18H30O2Si2. The van der Waals surface area contributed by atoms with Gasteiger partial charge in [0.15, 0.2) is 0 Å². The first-order valence-electron chi connectivity index (χ1n) is 7.87. The summed E-state index contributed by atoms with van der Waals surface area (Å²) in [7, 11) is -3.29. The summed E-state index contributed by atoms with van der Waals surface area (Å²) in [5.74, 6) is 0.670. The highest BCUT2D eigenvalue weighted by molar-refractivity contribution is 6.91. The molecule has 2 nitrogen and oxygen atoms in total. The molecule has 122 valence electrons. The zero-order valence-corrected chi connectivity index (χ0v) is 16.8. The molecule has 4 heteroatoms. The van der Waals surface area contributed by atoms with E-state index in [1.807, 2.05) is 0 Å². The Hall–Kier alpha value is -1.27. The minimum Gasteiger partial charge on any atom is -0.520 e. The molecule has 0 saturated carbocycles. The third-order valence-corrected chi connectivity index (χ3v) is 8.87. The maximum absolute atomic E-state index is 6.09. The first-order valence-corrected chi connectivity index (χ1v) is 14.4. The van der Waals surface area contributed by atoms with E-state index in [4.69, 9.17) is 9.16 Å². The molecule has 0 spiro atoms. The van der Waals surface area contributed by atoms with Gasteiger partial charge in [0.2, 0.25) is 8.32 Å². The normalized spacial score (nSPS) is 14.4. The van der Waals surface area contributed by atoms with Gasteiger partial charge in [0, 0.05) is 0 Å². The molecule has 0 saturated heterocycles. The van der Waals surface area contributed by atoms with Crippen molar-refractivity contribution < 1.29 is 9.16 Å². The van der Waals surface area contributed by atoms with E-state index in [0.29, 0.717) is 18.1 Å². The molecule has 0 amide bonds. The maximum atomic E-state index is 6.09. The molecule has 1 aromatic rings. The van der Waals surface area contributed by atoms with Crippen LogP contribution in [0.25, 0.3) is 0 Å². The minimum atomic E-state index is -1.69. The van der Waals surface area contributed by atoms with Crippen LogP contribution in [0.1, 0.15) is 6.92 Å². The van der Waals surface area contributed by atoms with E-state index in [1.54, 1.807) is 6.08 Å². The summed E-state index contributed by atoms with van der Waals surface area (Å²) < 4.78 is 11.8. The number of benzene rings is 1. The third-order valence-electron chi connectivity index (χ3n) is 3.79. The van der Waals surface area contributed by atoms with E-state index in [0.717, 1.165) is 0 Å². The molecular weight excluding hydrogens is 304 g/mol. The molecule has 0 N–H and O–H groups in total. The second-order valence-corrected chi connectivity index (χ2v) is 16.5. The smallest absolute Gasteiger partial charge is 0.261 e. The fourth-order valence-electron chi connectivity index (χ4n) is 2.10. The van der Waals surface area contributed by atoms with Crippen molar-refractivity contribution in [1.29, 1.82) is 0 Å². The molecule has 0 heterocycles. The predicted octanol–water partition coefficient (Wildman–Crippen LogP) is 4.89. The van der Waals surface area contributed by atoms with Gasteiger partial charge in [-0.15, -0.1) is 0 Å². The largest absolute Gasteiger partial charge is 0.520 e. The standard InChI is InChI=1S/C18H30O2Si2/c1-8-14-19-18(20-21(3,4)5)15-16(2)22(6,7)17-12-10-9-11-13-17/h8-13,15-16H,1,14H2,2-7H3/b18-15-. The lowest BCUT2D eigenvalue weighted by atomic mass is 10.4. The van der Waals surface area contributed by atoms with Gasteiger partial charge in [0.05, 0.1) is 8.07 Å². The average Bonchev–Trinajstić information content (AvgIpc) is 2.44. The number of hydrogen-bond acceptors (Lipinski definition) is 2. The van der Waals surface area contributed by atoms with Gasteiger partial charge in [-0.1, -0.05) is 68.2 Å². The van der Waals surface area contributed by atoms with Crippen LogP contribution in [0.4, 0.5) is 0 Å². The van der Waals surface area contributed by atoms with Crippen LogP contribution >= 0.6 is 0 Å². The highest BCUT2D eigenvalue weighted by Gasteiger charge is 2.30. The van der Waals surface area contributed by atoms with E-state index >= 15 is 0 Å². The van der Waals surface area contributed by atoms with Gasteiger partial charge in [-0.25, -0.2) is 0 Å². The van der Waals surface area contributed by atoms with E-state index in [2.05, 4.69) is 82.6 Å². The monoisotopic (exact) mass is 334 g/mol. The topological polar surface area (TPSA) is 18.5 Å². The summed E-state index contributed by atoms with van der Waals surface area (Å²) >= 11 is 0. The summed E-state index contributed by atoms with van der Waals surface area (Å²) in [4.78, 5) is 0. The Labute approximate surface area is 138 Å². The fourth-order valence-corrected chi connectivity index (χ4v) is 4.96. The van der Waals surface area contributed by atoms with Crippen LogP contribution in [0.2, 0.25) is 38.3 Å². The zero-order chi connectivity index (χ0) is 16.8. The lowest BCUT2D eigenvalue weighted by Crippen LogP contribution is -2.44. The van der Waals surface area contributed by atoms with Gasteiger partial charge in [-0.3, -0.25) is 0 Å². The fraction of sp³-hybridized carbons (Fsp3) is 0.444. The van der Waals surface area contributed by atoms with Crippen LogP contribution in [-0.2, 0) is 9.16 Å². The number of allylic oxidation sites excluding steroid dienone is 1. The van der Waals surface area contributed by atoms with Crippen molar-refractivity contribution in [2.45, 2.75) is 45.2 Å².